The predicted molar refractivity (Wildman–Crippen MR) is 80.5 cm³/mol. The molecule has 2 heterocycles. The van der Waals surface area contributed by atoms with Gasteiger partial charge in [-0.1, -0.05) is 23.7 Å². The van der Waals surface area contributed by atoms with E-state index in [1.807, 2.05) is 28.9 Å². The molecule has 0 aliphatic carbocycles. The minimum atomic E-state index is 0.638. The fourth-order valence-corrected chi connectivity index (χ4v) is 2.89. The largest absolute Gasteiger partial charge is 0.258 e. The highest BCUT2D eigenvalue weighted by Gasteiger charge is 2.11. The fourth-order valence-electron chi connectivity index (χ4n) is 2.11. The number of hydrogen-bond donors (Lipinski definition) is 0. The van der Waals surface area contributed by atoms with Gasteiger partial charge < -0.3 is 0 Å². The van der Waals surface area contributed by atoms with Crippen molar-refractivity contribution in [2.24, 2.45) is 0 Å². The van der Waals surface area contributed by atoms with Crippen molar-refractivity contribution in [1.29, 1.82) is 0 Å². The van der Waals surface area contributed by atoms with Crippen molar-refractivity contribution < 1.29 is 0 Å². The van der Waals surface area contributed by atoms with E-state index in [2.05, 4.69) is 39.0 Å². The number of halogens is 2. The molecule has 0 saturated carbocycles. The summed E-state index contributed by atoms with van der Waals surface area (Å²) in [6.07, 6.45) is 1.76. The van der Waals surface area contributed by atoms with Crippen molar-refractivity contribution in [2.75, 3.05) is 0 Å². The highest BCUT2D eigenvalue weighted by Crippen LogP contribution is 2.25. The van der Waals surface area contributed by atoms with Crippen LogP contribution < -0.4 is 0 Å². The summed E-state index contributed by atoms with van der Waals surface area (Å²) in [5.74, 6) is 0. The quantitative estimate of drug-likeness (QED) is 0.702. The summed E-state index contributed by atoms with van der Waals surface area (Å²) >= 11 is 9.71. The zero-order valence-electron chi connectivity index (χ0n) is 10.3. The summed E-state index contributed by atoms with van der Waals surface area (Å²) in [5, 5.41) is 5.25. The van der Waals surface area contributed by atoms with E-state index in [0.29, 0.717) is 6.54 Å². The lowest BCUT2D eigenvalue weighted by atomic mass is 10.1. The Balaban J connectivity index is 2.11. The second-order valence-electron chi connectivity index (χ2n) is 4.35. The van der Waals surface area contributed by atoms with E-state index in [0.717, 1.165) is 31.8 Å². The van der Waals surface area contributed by atoms with Gasteiger partial charge in [0, 0.05) is 11.2 Å². The molecule has 0 aliphatic rings. The third-order valence-corrected chi connectivity index (χ3v) is 4.02. The molecule has 19 heavy (non-hydrogen) atoms. The number of hydrogen-bond acceptors (Lipinski definition) is 2. The molecule has 3 nitrogen and oxygen atoms in total. The summed E-state index contributed by atoms with van der Waals surface area (Å²) in [5.41, 5.74) is 4.11. The first-order valence-corrected chi connectivity index (χ1v) is 7.05. The van der Waals surface area contributed by atoms with Gasteiger partial charge in [0.25, 0.3) is 0 Å². The summed E-state index contributed by atoms with van der Waals surface area (Å²) in [6.45, 7) is 2.69. The van der Waals surface area contributed by atoms with Crippen LogP contribution in [0.15, 0.2) is 41.1 Å². The molecular weight excluding hydrogens is 326 g/mol. The molecule has 1 aromatic carbocycles. The van der Waals surface area contributed by atoms with Crippen LogP contribution in [0.4, 0.5) is 0 Å². The fraction of sp³-hybridized carbons (Fsp3) is 0.143. The van der Waals surface area contributed by atoms with E-state index in [4.69, 9.17) is 11.6 Å². The third-order valence-electron chi connectivity index (χ3n) is 3.13. The average Bonchev–Trinajstić information content (AvgIpc) is 2.72. The van der Waals surface area contributed by atoms with Gasteiger partial charge in [-0.05, 0) is 52.2 Å². The first-order chi connectivity index (χ1) is 9.16. The second-order valence-corrected chi connectivity index (χ2v) is 5.51. The Morgan fingerprint density at radius 1 is 1.26 bits per heavy atom. The van der Waals surface area contributed by atoms with Crippen molar-refractivity contribution in [3.63, 3.8) is 0 Å². The van der Waals surface area contributed by atoms with Crippen molar-refractivity contribution in [3.05, 3.63) is 57.3 Å². The Kier molecular flexibility index (Phi) is 3.29. The molecular formula is C14H11BrClN3. The van der Waals surface area contributed by atoms with E-state index in [9.17, 15) is 0 Å². The summed E-state index contributed by atoms with van der Waals surface area (Å²) < 4.78 is 2.67. The van der Waals surface area contributed by atoms with Crippen LogP contribution >= 0.6 is 27.5 Å². The lowest BCUT2D eigenvalue weighted by molar-refractivity contribution is 0.703. The topological polar surface area (TPSA) is 30.7 Å². The van der Waals surface area contributed by atoms with Gasteiger partial charge in [0.1, 0.15) is 5.52 Å². The van der Waals surface area contributed by atoms with Crippen molar-refractivity contribution >= 4 is 38.6 Å². The molecule has 0 aliphatic heterocycles. The highest BCUT2D eigenvalue weighted by atomic mass is 79.9. The molecule has 0 N–H and O–H groups in total. The molecule has 2 aromatic heterocycles. The van der Waals surface area contributed by atoms with Gasteiger partial charge in [-0.25, -0.2) is 0 Å². The maximum absolute atomic E-state index is 6.27. The minimum absolute atomic E-state index is 0.638. The molecule has 3 aromatic rings. The van der Waals surface area contributed by atoms with Gasteiger partial charge in [-0.2, -0.15) is 5.10 Å². The van der Waals surface area contributed by atoms with E-state index in [-0.39, 0.29) is 0 Å². The Hall–Kier alpha value is -1.39. The van der Waals surface area contributed by atoms with Crippen LogP contribution in [0.5, 0.6) is 0 Å². The van der Waals surface area contributed by atoms with Crippen LogP contribution in [0.25, 0.3) is 11.0 Å². The summed E-state index contributed by atoms with van der Waals surface area (Å²) in [4.78, 5) is 4.32. The molecule has 0 saturated heterocycles. The average molecular weight is 337 g/mol. The lowest BCUT2D eigenvalue weighted by Gasteiger charge is -2.09. The Morgan fingerprint density at radius 2 is 2.11 bits per heavy atom. The van der Waals surface area contributed by atoms with Gasteiger partial charge in [0.15, 0.2) is 4.60 Å². The van der Waals surface area contributed by atoms with Crippen LogP contribution in [0.3, 0.4) is 0 Å². The van der Waals surface area contributed by atoms with Gasteiger partial charge in [0.2, 0.25) is 0 Å². The number of rotatable bonds is 2. The SMILES string of the molecule is Cc1cccc(Cl)c1Cn1nc(Br)c2ncccc21. The first kappa shape index (κ1) is 12.6. The number of benzene rings is 1. The Bertz CT molecular complexity index is 731. The third kappa shape index (κ3) is 2.26. The standard InChI is InChI=1S/C14H11BrClN3/c1-9-4-2-5-11(16)10(9)8-19-12-6-3-7-17-13(12)14(15)18-19/h2-7H,8H2,1H3. The molecule has 0 radical (unpaired) electrons. The van der Waals surface area contributed by atoms with Gasteiger partial charge in [-0.3, -0.25) is 9.67 Å². The van der Waals surface area contributed by atoms with Crippen LogP contribution in [0.1, 0.15) is 11.1 Å². The number of nitrogens with zero attached hydrogens (tertiary/aromatic N) is 3. The molecule has 0 amide bonds. The monoisotopic (exact) mass is 335 g/mol. The predicted octanol–water partition coefficient (Wildman–Crippen LogP) is 4.20. The summed E-state index contributed by atoms with van der Waals surface area (Å²) in [6, 6.07) is 9.83. The zero-order valence-corrected chi connectivity index (χ0v) is 12.6. The smallest absolute Gasteiger partial charge is 0.154 e. The maximum Gasteiger partial charge on any atom is 0.154 e. The minimum Gasteiger partial charge on any atom is -0.258 e. The van der Waals surface area contributed by atoms with E-state index < -0.39 is 0 Å². The van der Waals surface area contributed by atoms with Crippen LogP contribution in [0.2, 0.25) is 5.02 Å². The number of aryl methyl sites for hydroxylation is 1. The van der Waals surface area contributed by atoms with E-state index in [1.54, 1.807) is 6.20 Å². The molecule has 3 rings (SSSR count). The van der Waals surface area contributed by atoms with Crippen LogP contribution in [-0.2, 0) is 6.54 Å². The lowest BCUT2D eigenvalue weighted by Crippen LogP contribution is -2.04. The number of pyridine rings is 1. The molecule has 0 unspecified atom stereocenters. The Morgan fingerprint density at radius 3 is 2.89 bits per heavy atom. The molecule has 0 atom stereocenters. The molecule has 0 fully saturated rings. The van der Waals surface area contributed by atoms with Crippen LogP contribution in [0, 0.1) is 6.92 Å². The normalized spacial score (nSPS) is 11.1. The number of aromatic nitrogens is 3. The van der Waals surface area contributed by atoms with Crippen molar-refractivity contribution in [2.45, 2.75) is 13.5 Å². The second kappa shape index (κ2) is 4.94. The Labute approximate surface area is 124 Å². The van der Waals surface area contributed by atoms with E-state index >= 15 is 0 Å². The van der Waals surface area contributed by atoms with Crippen molar-refractivity contribution in [3.8, 4) is 0 Å². The zero-order chi connectivity index (χ0) is 13.4. The van der Waals surface area contributed by atoms with Gasteiger partial charge in [-0.15, -0.1) is 0 Å². The molecule has 0 bridgehead atoms. The van der Waals surface area contributed by atoms with Crippen molar-refractivity contribution in [1.82, 2.24) is 14.8 Å². The van der Waals surface area contributed by atoms with Gasteiger partial charge in [0.05, 0.1) is 12.1 Å². The maximum atomic E-state index is 6.27. The van der Waals surface area contributed by atoms with E-state index in [1.165, 1.54) is 0 Å². The van der Waals surface area contributed by atoms with Crippen LogP contribution in [-0.4, -0.2) is 14.8 Å². The highest BCUT2D eigenvalue weighted by molar-refractivity contribution is 9.10. The molecule has 0 spiro atoms. The first-order valence-electron chi connectivity index (χ1n) is 5.88. The number of fused-ring (bicyclic) bond motifs is 1. The molecule has 5 heteroatoms. The molecule has 96 valence electrons. The van der Waals surface area contributed by atoms with Gasteiger partial charge >= 0.3 is 0 Å². The summed E-state index contributed by atoms with van der Waals surface area (Å²) in [7, 11) is 0.